The van der Waals surface area contributed by atoms with Gasteiger partial charge in [0.2, 0.25) is 11.3 Å². The first-order valence-corrected chi connectivity index (χ1v) is 10.0. The number of fused-ring (bicyclic) bond motifs is 1. The molecule has 0 spiro atoms. The first-order chi connectivity index (χ1) is 13.5. The minimum atomic E-state index is -0.775. The molecule has 0 saturated carbocycles. The molecule has 3 aromatic rings. The second-order valence-corrected chi connectivity index (χ2v) is 8.05. The van der Waals surface area contributed by atoms with Gasteiger partial charge in [-0.2, -0.15) is 0 Å². The molecule has 1 aromatic heterocycles. The minimum absolute atomic E-state index is 0.293. The Labute approximate surface area is 173 Å². The Morgan fingerprint density at radius 3 is 2.68 bits per heavy atom. The molecule has 0 fully saturated rings. The Kier molecular flexibility index (Phi) is 5.23. The van der Waals surface area contributed by atoms with Crippen LogP contribution in [-0.4, -0.2) is 38.3 Å². The van der Waals surface area contributed by atoms with Crippen LogP contribution < -0.4 is 14.8 Å². The van der Waals surface area contributed by atoms with E-state index in [-0.39, 0.29) is 5.91 Å². The van der Waals surface area contributed by atoms with Crippen LogP contribution in [0.25, 0.3) is 0 Å². The summed E-state index contributed by atoms with van der Waals surface area (Å²) in [6, 6.07) is 12.9. The summed E-state index contributed by atoms with van der Waals surface area (Å²) in [5.41, 5.74) is 0.627. The van der Waals surface area contributed by atoms with Crippen LogP contribution in [0, 0.1) is 0 Å². The largest absolute Gasteiger partial charge is 0.482 e. The number of halogens is 1. The zero-order chi connectivity index (χ0) is 19.7. The fraction of sp³-hybridized carbons (Fsp3) is 0.222. The number of anilines is 1. The molecule has 1 N–H and O–H groups in total. The summed E-state index contributed by atoms with van der Waals surface area (Å²) in [7, 11) is 1.76. The van der Waals surface area contributed by atoms with Crippen LogP contribution >= 0.6 is 27.7 Å². The van der Waals surface area contributed by atoms with Crippen molar-refractivity contribution in [3.05, 3.63) is 46.9 Å². The first-order valence-electron chi connectivity index (χ1n) is 8.44. The van der Waals surface area contributed by atoms with Crippen molar-refractivity contribution in [2.45, 2.75) is 29.2 Å². The molecule has 0 unspecified atom stereocenters. The van der Waals surface area contributed by atoms with E-state index in [9.17, 15) is 4.79 Å². The summed E-state index contributed by atoms with van der Waals surface area (Å²) in [6.07, 6.45) is -1.20. The number of carbonyl (C=O) groups is 1. The van der Waals surface area contributed by atoms with Gasteiger partial charge in [0.1, 0.15) is 6.10 Å². The molecule has 1 aliphatic rings. The van der Waals surface area contributed by atoms with E-state index in [1.165, 1.54) is 11.8 Å². The van der Waals surface area contributed by atoms with Crippen LogP contribution in [0.1, 0.15) is 6.92 Å². The lowest BCUT2D eigenvalue weighted by Crippen LogP contribution is -2.46. The van der Waals surface area contributed by atoms with Crippen molar-refractivity contribution in [1.29, 1.82) is 0 Å². The van der Waals surface area contributed by atoms with Crippen LogP contribution in [-0.2, 0) is 11.8 Å². The Bertz CT molecular complexity index is 1030. The number of aromatic nitrogens is 4. The number of nitrogens with zero attached hydrogens (tertiary/aromatic N) is 4. The van der Waals surface area contributed by atoms with Crippen molar-refractivity contribution in [2.75, 3.05) is 5.32 Å². The van der Waals surface area contributed by atoms with Gasteiger partial charge in [-0.25, -0.2) is 4.68 Å². The SMILES string of the molecule is C[C@H]1Oc2ccccc2O[C@H]1C(=O)Nc1cc(Br)ccc1Sc1nnnn1C. The fourth-order valence-corrected chi connectivity index (χ4v) is 3.86. The van der Waals surface area contributed by atoms with Crippen molar-refractivity contribution >= 4 is 39.3 Å². The average Bonchev–Trinajstić information content (AvgIpc) is 3.08. The van der Waals surface area contributed by atoms with Crippen LogP contribution in [0.2, 0.25) is 0 Å². The highest BCUT2D eigenvalue weighted by molar-refractivity contribution is 9.10. The van der Waals surface area contributed by atoms with Crippen LogP contribution in [0.4, 0.5) is 5.69 Å². The van der Waals surface area contributed by atoms with Gasteiger partial charge in [-0.15, -0.1) is 5.10 Å². The van der Waals surface area contributed by atoms with Crippen molar-refractivity contribution in [3.8, 4) is 11.5 Å². The first kappa shape index (κ1) is 18.8. The van der Waals surface area contributed by atoms with E-state index in [1.807, 2.05) is 43.3 Å². The average molecular weight is 462 g/mol. The summed E-state index contributed by atoms with van der Waals surface area (Å²) >= 11 is 4.80. The van der Waals surface area contributed by atoms with Gasteiger partial charge in [-0.1, -0.05) is 28.1 Å². The van der Waals surface area contributed by atoms with E-state index in [0.29, 0.717) is 22.3 Å². The maximum atomic E-state index is 12.9. The number of hydrogen-bond acceptors (Lipinski definition) is 7. The maximum absolute atomic E-state index is 12.9. The lowest BCUT2D eigenvalue weighted by Gasteiger charge is -2.31. The molecule has 1 amide bonds. The number of tetrazole rings is 1. The fourth-order valence-electron chi connectivity index (χ4n) is 2.71. The van der Waals surface area contributed by atoms with Gasteiger partial charge in [0.15, 0.2) is 11.5 Å². The van der Waals surface area contributed by atoms with Crippen molar-refractivity contribution in [3.63, 3.8) is 0 Å². The van der Waals surface area contributed by atoms with Gasteiger partial charge in [-0.3, -0.25) is 4.79 Å². The predicted octanol–water partition coefficient (Wildman–Crippen LogP) is 3.29. The number of para-hydroxylation sites is 2. The molecule has 8 nitrogen and oxygen atoms in total. The van der Waals surface area contributed by atoms with Crippen LogP contribution in [0.5, 0.6) is 11.5 Å². The third-order valence-corrected chi connectivity index (χ3v) is 5.68. The topological polar surface area (TPSA) is 91.2 Å². The monoisotopic (exact) mass is 461 g/mol. The second-order valence-electron chi connectivity index (χ2n) is 6.13. The third kappa shape index (κ3) is 3.83. The molecule has 28 heavy (non-hydrogen) atoms. The molecule has 2 atom stereocenters. The minimum Gasteiger partial charge on any atom is -0.482 e. The number of benzene rings is 2. The lowest BCUT2D eigenvalue weighted by atomic mass is 10.1. The molecule has 1 aliphatic heterocycles. The molecule has 10 heteroatoms. The summed E-state index contributed by atoms with van der Waals surface area (Å²) in [6.45, 7) is 1.81. The Morgan fingerprint density at radius 2 is 1.96 bits per heavy atom. The standard InChI is InChI=1S/C18H16BrN5O3S/c1-10-16(27-14-6-4-3-5-13(14)26-10)17(25)20-12-9-11(19)7-8-15(12)28-18-21-22-23-24(18)2/h3-10,16H,1-2H3,(H,20,25)/t10-,16-/m1/s1. The van der Waals surface area contributed by atoms with Crippen molar-refractivity contribution in [2.24, 2.45) is 7.05 Å². The number of amides is 1. The van der Waals surface area contributed by atoms with Gasteiger partial charge in [-0.05, 0) is 59.4 Å². The summed E-state index contributed by atoms with van der Waals surface area (Å²) < 4.78 is 14.1. The number of aryl methyl sites for hydroxylation is 1. The smallest absolute Gasteiger partial charge is 0.269 e. The van der Waals surface area contributed by atoms with Gasteiger partial charge in [0.05, 0.1) is 5.69 Å². The van der Waals surface area contributed by atoms with E-state index in [2.05, 4.69) is 36.8 Å². The molecule has 0 bridgehead atoms. The second kappa shape index (κ2) is 7.80. The molecule has 2 heterocycles. The number of carbonyl (C=O) groups excluding carboxylic acids is 1. The Morgan fingerprint density at radius 1 is 1.21 bits per heavy atom. The van der Waals surface area contributed by atoms with Gasteiger partial charge < -0.3 is 14.8 Å². The van der Waals surface area contributed by atoms with E-state index >= 15 is 0 Å². The maximum Gasteiger partial charge on any atom is 0.269 e. The van der Waals surface area contributed by atoms with Crippen molar-refractivity contribution in [1.82, 2.24) is 20.2 Å². The molecule has 2 aromatic carbocycles. The highest BCUT2D eigenvalue weighted by atomic mass is 79.9. The lowest BCUT2D eigenvalue weighted by molar-refractivity contribution is -0.128. The van der Waals surface area contributed by atoms with E-state index in [1.54, 1.807) is 17.8 Å². The van der Waals surface area contributed by atoms with Gasteiger partial charge in [0, 0.05) is 16.4 Å². The normalized spacial score (nSPS) is 18.0. The quantitative estimate of drug-likeness (QED) is 0.636. The molecule has 0 radical (unpaired) electrons. The number of ether oxygens (including phenoxy) is 2. The molecular weight excluding hydrogens is 446 g/mol. The number of hydrogen-bond donors (Lipinski definition) is 1. The molecule has 144 valence electrons. The van der Waals surface area contributed by atoms with E-state index in [0.717, 1.165) is 9.37 Å². The highest BCUT2D eigenvalue weighted by Gasteiger charge is 2.34. The van der Waals surface area contributed by atoms with Gasteiger partial charge in [0.25, 0.3) is 5.91 Å². The number of nitrogens with one attached hydrogen (secondary N) is 1. The Hall–Kier alpha value is -2.59. The summed E-state index contributed by atoms with van der Waals surface area (Å²) in [5.74, 6) is 0.889. The predicted molar refractivity (Wildman–Crippen MR) is 107 cm³/mol. The summed E-state index contributed by atoms with van der Waals surface area (Å²) in [4.78, 5) is 13.7. The number of rotatable bonds is 4. The molecule has 0 saturated heterocycles. The zero-order valence-electron chi connectivity index (χ0n) is 15.0. The van der Waals surface area contributed by atoms with E-state index < -0.39 is 12.2 Å². The highest BCUT2D eigenvalue weighted by Crippen LogP contribution is 2.36. The van der Waals surface area contributed by atoms with Crippen LogP contribution in [0.15, 0.2) is 57.0 Å². The molecule has 4 rings (SSSR count). The van der Waals surface area contributed by atoms with E-state index in [4.69, 9.17) is 9.47 Å². The Balaban J connectivity index is 1.56. The molecular formula is C18H16BrN5O3S. The van der Waals surface area contributed by atoms with Crippen molar-refractivity contribution < 1.29 is 14.3 Å². The third-order valence-electron chi connectivity index (χ3n) is 4.08. The van der Waals surface area contributed by atoms with Gasteiger partial charge >= 0.3 is 0 Å². The molecule has 0 aliphatic carbocycles. The summed E-state index contributed by atoms with van der Waals surface area (Å²) in [5, 5.41) is 15.0. The van der Waals surface area contributed by atoms with Crippen LogP contribution in [0.3, 0.4) is 0 Å². The zero-order valence-corrected chi connectivity index (χ0v) is 17.4.